The average molecular weight is 274 g/mol. The average Bonchev–Trinajstić information content (AvgIpc) is 2.96. The Morgan fingerprint density at radius 3 is 2.50 bits per heavy atom. The Morgan fingerprint density at radius 2 is 2.11 bits per heavy atom. The number of nitriles is 1. The lowest BCUT2D eigenvalue weighted by Gasteiger charge is -2.21. The van der Waals surface area contributed by atoms with Gasteiger partial charge in [0, 0.05) is 20.0 Å². The monoisotopic (exact) mass is 274 g/mol. The first-order chi connectivity index (χ1) is 8.22. The van der Waals surface area contributed by atoms with Gasteiger partial charge in [-0.1, -0.05) is 6.92 Å². The topological polar surface area (TPSA) is 98.5 Å². The largest absolute Gasteiger partial charge is 0.481 e. The van der Waals surface area contributed by atoms with Gasteiger partial charge in [0.15, 0.2) is 0 Å². The zero-order valence-electron chi connectivity index (χ0n) is 10.6. The maximum Gasteiger partial charge on any atom is 0.307 e. The minimum absolute atomic E-state index is 0.0414. The van der Waals surface area contributed by atoms with Gasteiger partial charge >= 0.3 is 5.97 Å². The summed E-state index contributed by atoms with van der Waals surface area (Å²) in [7, 11) is -2.10. The molecular formula is C11H18N2O4S. The Hall–Kier alpha value is -1.13. The Balaban J connectivity index is 2.64. The Bertz CT molecular complexity index is 462. The van der Waals surface area contributed by atoms with Crippen LogP contribution in [0.2, 0.25) is 0 Å². The molecule has 0 radical (unpaired) electrons. The number of rotatable bonds is 7. The van der Waals surface area contributed by atoms with Crippen LogP contribution >= 0.6 is 0 Å². The van der Waals surface area contributed by atoms with Gasteiger partial charge in [0.1, 0.15) is 0 Å². The predicted molar refractivity (Wildman–Crippen MR) is 65.1 cm³/mol. The van der Waals surface area contributed by atoms with Gasteiger partial charge in [-0.2, -0.15) is 5.26 Å². The van der Waals surface area contributed by atoms with E-state index in [0.717, 1.165) is 17.1 Å². The smallest absolute Gasteiger partial charge is 0.307 e. The van der Waals surface area contributed by atoms with Crippen LogP contribution in [0.3, 0.4) is 0 Å². The van der Waals surface area contributed by atoms with E-state index in [0.29, 0.717) is 0 Å². The lowest BCUT2D eigenvalue weighted by Crippen LogP contribution is -2.37. The van der Waals surface area contributed by atoms with E-state index in [-0.39, 0.29) is 18.7 Å². The van der Waals surface area contributed by atoms with Crippen LogP contribution in [-0.2, 0) is 14.8 Å². The molecule has 7 heteroatoms. The van der Waals surface area contributed by atoms with Crippen molar-refractivity contribution in [3.05, 3.63) is 0 Å². The molecule has 1 unspecified atom stereocenters. The molecule has 0 aromatic heterocycles. The summed E-state index contributed by atoms with van der Waals surface area (Å²) >= 11 is 0. The number of hydrogen-bond acceptors (Lipinski definition) is 4. The van der Waals surface area contributed by atoms with Crippen molar-refractivity contribution in [3.63, 3.8) is 0 Å². The third-order valence-electron chi connectivity index (χ3n) is 3.33. The van der Waals surface area contributed by atoms with Gasteiger partial charge in [-0.3, -0.25) is 4.79 Å². The summed E-state index contributed by atoms with van der Waals surface area (Å²) in [4.78, 5) is 10.7. The number of carboxylic acids is 1. The summed E-state index contributed by atoms with van der Waals surface area (Å²) in [6.45, 7) is 1.43. The fourth-order valence-electron chi connectivity index (χ4n) is 1.79. The fraction of sp³-hybridized carbons (Fsp3) is 0.818. The van der Waals surface area contributed by atoms with Crippen LogP contribution in [0.4, 0.5) is 0 Å². The first kappa shape index (κ1) is 14.9. The fourth-order valence-corrected chi connectivity index (χ4v) is 3.63. The molecule has 0 aromatic rings. The summed E-state index contributed by atoms with van der Waals surface area (Å²) in [6.07, 6.45) is 1.75. The van der Waals surface area contributed by atoms with Crippen LogP contribution in [0.15, 0.2) is 0 Å². The molecule has 0 bridgehead atoms. The molecule has 0 saturated heterocycles. The minimum Gasteiger partial charge on any atom is -0.481 e. The van der Waals surface area contributed by atoms with E-state index in [1.807, 2.05) is 6.07 Å². The molecule has 0 aromatic carbocycles. The lowest BCUT2D eigenvalue weighted by molar-refractivity contribution is -0.141. The summed E-state index contributed by atoms with van der Waals surface area (Å²) < 4.78 is 25.2. The molecule has 0 spiro atoms. The van der Waals surface area contributed by atoms with E-state index < -0.39 is 27.3 Å². The zero-order chi connectivity index (χ0) is 14.0. The van der Waals surface area contributed by atoms with Gasteiger partial charge in [-0.25, -0.2) is 12.7 Å². The number of nitrogens with zero attached hydrogens (tertiary/aromatic N) is 2. The van der Waals surface area contributed by atoms with Crippen molar-refractivity contribution in [1.82, 2.24) is 4.31 Å². The van der Waals surface area contributed by atoms with Crippen molar-refractivity contribution < 1.29 is 18.3 Å². The van der Waals surface area contributed by atoms with Crippen molar-refractivity contribution in [1.29, 1.82) is 5.26 Å². The van der Waals surface area contributed by atoms with E-state index >= 15 is 0 Å². The molecule has 18 heavy (non-hydrogen) atoms. The van der Waals surface area contributed by atoms with Gasteiger partial charge in [-0.05, 0) is 18.3 Å². The van der Waals surface area contributed by atoms with Gasteiger partial charge in [-0.15, -0.1) is 0 Å². The van der Waals surface area contributed by atoms with E-state index in [1.165, 1.54) is 14.0 Å². The van der Waals surface area contributed by atoms with Gasteiger partial charge in [0.25, 0.3) is 0 Å². The molecule has 0 heterocycles. The molecule has 0 amide bonds. The summed E-state index contributed by atoms with van der Waals surface area (Å²) in [5, 5.41) is 17.4. The highest BCUT2D eigenvalue weighted by Crippen LogP contribution is 2.49. The number of aliphatic carboxylic acids is 1. The predicted octanol–water partition coefficient (Wildman–Crippen LogP) is 0.663. The molecule has 1 saturated carbocycles. The molecule has 6 nitrogen and oxygen atoms in total. The summed E-state index contributed by atoms with van der Waals surface area (Å²) in [5.74, 6) is -1.82. The first-order valence-corrected chi connectivity index (χ1v) is 7.37. The maximum atomic E-state index is 12.0. The molecule has 102 valence electrons. The summed E-state index contributed by atoms with van der Waals surface area (Å²) in [6, 6.07) is 2.01. The molecule has 1 fully saturated rings. The SMILES string of the molecule is CC(CN(C)S(=O)(=O)CC1(CC#N)CC1)C(=O)O. The quantitative estimate of drug-likeness (QED) is 0.735. The highest BCUT2D eigenvalue weighted by atomic mass is 32.2. The van der Waals surface area contributed by atoms with E-state index in [2.05, 4.69) is 0 Å². The van der Waals surface area contributed by atoms with E-state index in [1.54, 1.807) is 0 Å². The van der Waals surface area contributed by atoms with Gasteiger partial charge in [0.05, 0.1) is 17.7 Å². The van der Waals surface area contributed by atoms with E-state index in [9.17, 15) is 13.2 Å². The van der Waals surface area contributed by atoms with Crippen molar-refractivity contribution in [2.75, 3.05) is 19.3 Å². The molecule has 1 atom stereocenters. The molecule has 0 aliphatic heterocycles. The molecule has 1 rings (SSSR count). The Kier molecular flexibility index (Phi) is 4.35. The molecular weight excluding hydrogens is 256 g/mol. The maximum absolute atomic E-state index is 12.0. The van der Waals surface area contributed by atoms with Gasteiger partial charge < -0.3 is 5.11 Å². The molecule has 1 N–H and O–H groups in total. The first-order valence-electron chi connectivity index (χ1n) is 5.76. The Morgan fingerprint density at radius 1 is 1.56 bits per heavy atom. The number of carbonyl (C=O) groups is 1. The Labute approximate surface area is 107 Å². The lowest BCUT2D eigenvalue weighted by atomic mass is 10.1. The van der Waals surface area contributed by atoms with Crippen LogP contribution in [0.5, 0.6) is 0 Å². The second-order valence-corrected chi connectivity index (χ2v) is 7.19. The van der Waals surface area contributed by atoms with Crippen LogP contribution in [0.25, 0.3) is 0 Å². The second-order valence-electron chi connectivity index (χ2n) is 5.11. The number of hydrogen-bond donors (Lipinski definition) is 1. The highest BCUT2D eigenvalue weighted by Gasteiger charge is 2.47. The van der Waals surface area contributed by atoms with E-state index in [4.69, 9.17) is 10.4 Å². The zero-order valence-corrected chi connectivity index (χ0v) is 11.4. The number of carboxylic acid groups (broad SMARTS) is 1. The van der Waals surface area contributed by atoms with Crippen molar-refractivity contribution >= 4 is 16.0 Å². The highest BCUT2D eigenvalue weighted by molar-refractivity contribution is 7.89. The van der Waals surface area contributed by atoms with Crippen molar-refractivity contribution in [2.24, 2.45) is 11.3 Å². The normalized spacial score (nSPS) is 19.2. The number of sulfonamides is 1. The molecule has 1 aliphatic rings. The minimum atomic E-state index is -3.49. The molecule has 1 aliphatic carbocycles. The van der Waals surface area contributed by atoms with Gasteiger partial charge in [0.2, 0.25) is 10.0 Å². The van der Waals surface area contributed by atoms with Crippen LogP contribution in [0.1, 0.15) is 26.2 Å². The van der Waals surface area contributed by atoms with Crippen molar-refractivity contribution in [3.8, 4) is 6.07 Å². The van der Waals surface area contributed by atoms with Crippen LogP contribution in [-0.4, -0.2) is 43.1 Å². The third-order valence-corrected chi connectivity index (χ3v) is 5.40. The van der Waals surface area contributed by atoms with Crippen LogP contribution in [0, 0.1) is 22.7 Å². The third kappa shape index (κ3) is 3.68. The second kappa shape index (κ2) is 5.24. The summed E-state index contributed by atoms with van der Waals surface area (Å²) in [5.41, 5.74) is -0.395. The van der Waals surface area contributed by atoms with Crippen molar-refractivity contribution in [2.45, 2.75) is 26.2 Å². The standard InChI is InChI=1S/C11H18N2O4S/c1-9(10(14)15)7-13(2)18(16,17)8-11(3-4-11)5-6-12/h9H,3-5,7-8H2,1-2H3,(H,14,15). The van der Waals surface area contributed by atoms with Crippen LogP contribution < -0.4 is 0 Å².